The molecule has 6 heteroatoms. The Kier molecular flexibility index (Phi) is 6.64. The Morgan fingerprint density at radius 1 is 1.38 bits per heavy atom. The summed E-state index contributed by atoms with van der Waals surface area (Å²) in [5, 5.41) is 1.90. The molecule has 0 unspecified atom stereocenters. The second-order valence-electron chi connectivity index (χ2n) is 4.74. The first-order valence-electron chi connectivity index (χ1n) is 7.20. The van der Waals surface area contributed by atoms with Crippen molar-refractivity contribution in [2.45, 2.75) is 26.7 Å². The maximum Gasteiger partial charge on any atom is 0.204 e. The van der Waals surface area contributed by atoms with Crippen molar-refractivity contribution in [2.75, 3.05) is 29.5 Å². The van der Waals surface area contributed by atoms with Crippen LogP contribution in [-0.2, 0) is 0 Å². The van der Waals surface area contributed by atoms with E-state index in [0.29, 0.717) is 16.2 Å². The molecule has 0 aliphatic heterocycles. The van der Waals surface area contributed by atoms with Crippen LogP contribution in [0.3, 0.4) is 0 Å². The molecule has 116 valence electrons. The van der Waals surface area contributed by atoms with Gasteiger partial charge in [0, 0.05) is 30.3 Å². The molecule has 0 atom stereocenters. The summed E-state index contributed by atoms with van der Waals surface area (Å²) < 4.78 is 7.46. The standard InChI is InChI=1S/C15H20BrNO2S2/c1-3-5-7-20-8-6-17(4-2)13-9-12(18)15-14(19-13)11(16)10-21-15/h9-10H,3-8H2,1-2H3. The minimum atomic E-state index is 0.0408. The molecule has 0 aliphatic rings. The lowest BCUT2D eigenvalue weighted by Crippen LogP contribution is -2.26. The molecule has 2 heterocycles. The number of nitrogens with zero attached hydrogens (tertiary/aromatic N) is 1. The number of thiophene rings is 1. The first-order valence-corrected chi connectivity index (χ1v) is 10.0. The molecule has 3 nitrogen and oxygen atoms in total. The molecule has 0 N–H and O–H groups in total. The number of fused-ring (bicyclic) bond motifs is 1. The fourth-order valence-electron chi connectivity index (χ4n) is 2.01. The van der Waals surface area contributed by atoms with Gasteiger partial charge in [0.2, 0.25) is 5.43 Å². The van der Waals surface area contributed by atoms with Gasteiger partial charge < -0.3 is 9.32 Å². The Balaban J connectivity index is 2.10. The highest BCUT2D eigenvalue weighted by atomic mass is 79.9. The van der Waals surface area contributed by atoms with Crippen LogP contribution in [0, 0.1) is 0 Å². The molecule has 0 saturated carbocycles. The van der Waals surface area contributed by atoms with Crippen LogP contribution in [0.4, 0.5) is 5.88 Å². The minimum Gasteiger partial charge on any atom is -0.438 e. The summed E-state index contributed by atoms with van der Waals surface area (Å²) >= 11 is 6.82. The number of thioether (sulfide) groups is 1. The zero-order valence-electron chi connectivity index (χ0n) is 12.4. The molecular weight excluding hydrogens is 370 g/mol. The molecule has 0 amide bonds. The second-order valence-corrected chi connectivity index (χ2v) is 7.70. The summed E-state index contributed by atoms with van der Waals surface area (Å²) in [5.74, 6) is 2.93. The zero-order valence-corrected chi connectivity index (χ0v) is 15.6. The summed E-state index contributed by atoms with van der Waals surface area (Å²) in [5.41, 5.74) is 0.707. The van der Waals surface area contributed by atoms with Crippen molar-refractivity contribution in [3.05, 3.63) is 26.1 Å². The van der Waals surface area contributed by atoms with Gasteiger partial charge in [0.05, 0.1) is 4.47 Å². The molecule has 0 saturated heterocycles. The van der Waals surface area contributed by atoms with Crippen molar-refractivity contribution in [3.8, 4) is 0 Å². The fraction of sp³-hybridized carbons (Fsp3) is 0.533. The third-order valence-corrected chi connectivity index (χ3v) is 6.15. The largest absolute Gasteiger partial charge is 0.438 e. The summed E-state index contributed by atoms with van der Waals surface area (Å²) in [6.45, 7) is 6.04. The van der Waals surface area contributed by atoms with Crippen molar-refractivity contribution in [1.82, 2.24) is 0 Å². The van der Waals surface area contributed by atoms with Crippen LogP contribution in [0.2, 0.25) is 0 Å². The van der Waals surface area contributed by atoms with E-state index < -0.39 is 0 Å². The summed E-state index contributed by atoms with van der Waals surface area (Å²) in [4.78, 5) is 14.3. The lowest BCUT2D eigenvalue weighted by atomic mass is 10.4. The normalized spacial score (nSPS) is 11.2. The molecular formula is C15H20BrNO2S2. The highest BCUT2D eigenvalue weighted by molar-refractivity contribution is 9.10. The van der Waals surface area contributed by atoms with Crippen molar-refractivity contribution >= 4 is 55.2 Å². The van der Waals surface area contributed by atoms with Crippen LogP contribution in [0.5, 0.6) is 0 Å². The molecule has 2 aromatic rings. The number of hydrogen-bond donors (Lipinski definition) is 0. The van der Waals surface area contributed by atoms with Crippen LogP contribution in [0.15, 0.2) is 25.1 Å². The summed E-state index contributed by atoms with van der Waals surface area (Å²) in [7, 11) is 0. The van der Waals surface area contributed by atoms with Crippen molar-refractivity contribution < 1.29 is 4.42 Å². The third kappa shape index (κ3) is 4.27. The van der Waals surface area contributed by atoms with Gasteiger partial charge in [0.15, 0.2) is 11.5 Å². The number of anilines is 1. The van der Waals surface area contributed by atoms with E-state index in [9.17, 15) is 4.79 Å². The fourth-order valence-corrected chi connectivity index (χ4v) is 4.51. The molecule has 2 aromatic heterocycles. The average Bonchev–Trinajstić information content (AvgIpc) is 2.85. The molecule has 0 aliphatic carbocycles. The van der Waals surface area contributed by atoms with Crippen molar-refractivity contribution in [1.29, 1.82) is 0 Å². The zero-order chi connectivity index (χ0) is 15.2. The molecule has 21 heavy (non-hydrogen) atoms. The summed E-state index contributed by atoms with van der Waals surface area (Å²) in [6, 6.07) is 1.62. The Morgan fingerprint density at radius 3 is 2.90 bits per heavy atom. The van der Waals surface area contributed by atoms with Crippen LogP contribution in [0.25, 0.3) is 10.3 Å². The minimum absolute atomic E-state index is 0.0408. The van der Waals surface area contributed by atoms with E-state index in [0.717, 1.165) is 23.3 Å². The highest BCUT2D eigenvalue weighted by Crippen LogP contribution is 2.30. The van der Waals surface area contributed by atoms with Crippen LogP contribution in [-0.4, -0.2) is 24.6 Å². The molecule has 0 spiro atoms. The SMILES string of the molecule is CCCCSCCN(CC)c1cc(=O)c2scc(Br)c2o1. The summed E-state index contributed by atoms with van der Waals surface area (Å²) in [6.07, 6.45) is 2.50. The Hall–Kier alpha value is -0.460. The van der Waals surface area contributed by atoms with Gasteiger partial charge in [-0.25, -0.2) is 0 Å². The molecule has 2 rings (SSSR count). The number of halogens is 1. The van der Waals surface area contributed by atoms with E-state index in [4.69, 9.17) is 4.42 Å². The second kappa shape index (κ2) is 8.25. The van der Waals surface area contributed by atoms with E-state index in [1.165, 1.54) is 29.9 Å². The van der Waals surface area contributed by atoms with E-state index in [1.807, 2.05) is 17.1 Å². The first-order chi connectivity index (χ1) is 10.2. The lowest BCUT2D eigenvalue weighted by molar-refractivity contribution is 0.578. The average molecular weight is 390 g/mol. The van der Waals surface area contributed by atoms with Crippen molar-refractivity contribution in [3.63, 3.8) is 0 Å². The highest BCUT2D eigenvalue weighted by Gasteiger charge is 2.13. The van der Waals surface area contributed by atoms with Gasteiger partial charge in [-0.1, -0.05) is 13.3 Å². The molecule has 0 bridgehead atoms. The van der Waals surface area contributed by atoms with Gasteiger partial charge >= 0.3 is 0 Å². The van der Waals surface area contributed by atoms with Crippen LogP contribution >= 0.6 is 39.0 Å². The quantitative estimate of drug-likeness (QED) is 0.596. The van der Waals surface area contributed by atoms with Crippen LogP contribution in [0.1, 0.15) is 26.7 Å². The van der Waals surface area contributed by atoms with Gasteiger partial charge in [-0.05, 0) is 35.0 Å². The predicted molar refractivity (Wildman–Crippen MR) is 98.2 cm³/mol. The number of hydrogen-bond acceptors (Lipinski definition) is 5. The third-order valence-electron chi connectivity index (χ3n) is 3.23. The van der Waals surface area contributed by atoms with E-state index in [1.54, 1.807) is 6.07 Å². The van der Waals surface area contributed by atoms with E-state index in [-0.39, 0.29) is 5.43 Å². The van der Waals surface area contributed by atoms with Gasteiger partial charge in [-0.3, -0.25) is 4.79 Å². The van der Waals surface area contributed by atoms with Gasteiger partial charge in [0.25, 0.3) is 0 Å². The maximum atomic E-state index is 12.1. The van der Waals surface area contributed by atoms with E-state index in [2.05, 4.69) is 34.7 Å². The monoisotopic (exact) mass is 389 g/mol. The van der Waals surface area contributed by atoms with Gasteiger partial charge in [-0.15, -0.1) is 11.3 Å². The van der Waals surface area contributed by atoms with E-state index >= 15 is 0 Å². The Labute approximate surface area is 141 Å². The Morgan fingerprint density at radius 2 is 2.19 bits per heavy atom. The molecule has 0 aromatic carbocycles. The maximum absolute atomic E-state index is 12.1. The lowest BCUT2D eigenvalue weighted by Gasteiger charge is -2.21. The Bertz CT molecular complexity index is 638. The smallest absolute Gasteiger partial charge is 0.204 e. The van der Waals surface area contributed by atoms with Gasteiger partial charge in [0.1, 0.15) is 4.70 Å². The topological polar surface area (TPSA) is 33.5 Å². The molecule has 0 radical (unpaired) electrons. The first kappa shape index (κ1) is 16.9. The molecule has 0 fully saturated rings. The van der Waals surface area contributed by atoms with Gasteiger partial charge in [-0.2, -0.15) is 11.8 Å². The van der Waals surface area contributed by atoms with Crippen LogP contribution < -0.4 is 10.3 Å². The van der Waals surface area contributed by atoms with Crippen molar-refractivity contribution in [2.24, 2.45) is 0 Å². The predicted octanol–water partition coefficient (Wildman–Crippen LogP) is 4.98. The number of unbranched alkanes of at least 4 members (excludes halogenated alkanes) is 1. The number of rotatable bonds is 8.